The molecule has 2 N–H and O–H groups in total. The topological polar surface area (TPSA) is 74.0 Å². The third-order valence-corrected chi connectivity index (χ3v) is 5.14. The smallest absolute Gasteiger partial charge is 0.256 e. The first kappa shape index (κ1) is 15.9. The van der Waals surface area contributed by atoms with Gasteiger partial charge in [-0.1, -0.05) is 12.1 Å². The van der Waals surface area contributed by atoms with Crippen molar-refractivity contribution in [3.63, 3.8) is 0 Å². The number of aromatic amines is 2. The maximum absolute atomic E-state index is 13.3. The maximum Gasteiger partial charge on any atom is 0.256 e. The molecule has 1 aliphatic rings. The van der Waals surface area contributed by atoms with Crippen molar-refractivity contribution in [1.82, 2.24) is 19.9 Å². The number of aromatic nitrogens is 3. The van der Waals surface area contributed by atoms with E-state index in [0.717, 1.165) is 34.5 Å². The minimum absolute atomic E-state index is 0.00399. The number of likely N-dealkylation sites (tertiary alicyclic amines) is 1. The van der Waals surface area contributed by atoms with E-state index in [9.17, 15) is 4.79 Å². The number of fused-ring (bicyclic) bond motifs is 1. The third-order valence-electron chi connectivity index (χ3n) is 5.14. The van der Waals surface area contributed by atoms with E-state index in [1.807, 2.05) is 49.2 Å². The van der Waals surface area contributed by atoms with Gasteiger partial charge >= 0.3 is 0 Å². The fourth-order valence-electron chi connectivity index (χ4n) is 3.60. The second-order valence-electron chi connectivity index (χ2n) is 6.65. The van der Waals surface area contributed by atoms with Crippen LogP contribution < -0.4 is 0 Å². The number of aryl methyl sites for hydroxylation is 2. The number of carbonyl (C=O) groups excluding carboxylic acids is 1. The number of hydrogen-bond donors (Lipinski definition) is 2. The first-order chi connectivity index (χ1) is 12.1. The zero-order valence-corrected chi connectivity index (χ0v) is 14.7. The predicted molar refractivity (Wildman–Crippen MR) is 95.6 cm³/mol. The Morgan fingerprint density at radius 1 is 1.32 bits per heavy atom. The van der Waals surface area contributed by atoms with Crippen LogP contribution in [0.3, 0.4) is 0 Å². The van der Waals surface area contributed by atoms with E-state index in [4.69, 9.17) is 4.74 Å². The molecule has 2 aromatic heterocycles. The summed E-state index contributed by atoms with van der Waals surface area (Å²) >= 11 is 0. The number of ether oxygens (including phenoxy) is 1. The van der Waals surface area contributed by atoms with E-state index in [1.165, 1.54) is 0 Å². The van der Waals surface area contributed by atoms with Crippen LogP contribution >= 0.6 is 0 Å². The van der Waals surface area contributed by atoms with Crippen molar-refractivity contribution in [3.05, 3.63) is 53.2 Å². The van der Waals surface area contributed by atoms with Crippen LogP contribution in [0.15, 0.2) is 30.5 Å². The van der Waals surface area contributed by atoms with Crippen molar-refractivity contribution in [3.8, 4) is 0 Å². The maximum atomic E-state index is 13.3. The number of para-hydroxylation sites is 1. The molecule has 0 unspecified atom stereocenters. The second-order valence-corrected chi connectivity index (χ2v) is 6.65. The van der Waals surface area contributed by atoms with Crippen molar-refractivity contribution in [2.24, 2.45) is 0 Å². The molecule has 0 bridgehead atoms. The lowest BCUT2D eigenvalue weighted by Gasteiger charge is -2.23. The standard InChI is InChI=1S/C19H22N4O2/c1-11-12(2)22-18(21-11)16-9-14(25-3)10-23(16)19(24)15-6-4-5-13-7-8-20-17(13)15/h4-8,14,16,20H,9-10H2,1-3H3,(H,21,22)/t14-,16+/m1/s1. The normalized spacial score (nSPS) is 20.5. The molecule has 0 saturated carbocycles. The lowest BCUT2D eigenvalue weighted by molar-refractivity contribution is 0.0686. The first-order valence-electron chi connectivity index (χ1n) is 8.51. The number of imidazole rings is 1. The van der Waals surface area contributed by atoms with E-state index in [-0.39, 0.29) is 18.1 Å². The monoisotopic (exact) mass is 338 g/mol. The summed E-state index contributed by atoms with van der Waals surface area (Å²) in [7, 11) is 1.69. The van der Waals surface area contributed by atoms with Crippen LogP contribution in [0, 0.1) is 13.8 Å². The highest BCUT2D eigenvalue weighted by atomic mass is 16.5. The molecule has 0 radical (unpaired) electrons. The highest BCUT2D eigenvalue weighted by Gasteiger charge is 2.39. The fraction of sp³-hybridized carbons (Fsp3) is 0.368. The molecular formula is C19H22N4O2. The van der Waals surface area contributed by atoms with Gasteiger partial charge < -0.3 is 19.6 Å². The lowest BCUT2D eigenvalue weighted by Crippen LogP contribution is -2.32. The Kier molecular flexibility index (Phi) is 3.84. The molecule has 25 heavy (non-hydrogen) atoms. The summed E-state index contributed by atoms with van der Waals surface area (Å²) in [5.74, 6) is 0.839. The minimum atomic E-state index is -0.102. The van der Waals surface area contributed by atoms with E-state index in [1.54, 1.807) is 7.11 Å². The Bertz CT molecular complexity index is 907. The van der Waals surface area contributed by atoms with Gasteiger partial charge in [0.2, 0.25) is 0 Å². The number of hydrogen-bond acceptors (Lipinski definition) is 3. The molecule has 0 spiro atoms. The SMILES string of the molecule is CO[C@@H]1C[C@@H](c2nc(C)c(C)[nH]2)N(C(=O)c2cccc3cc[nH]c23)C1. The van der Waals surface area contributed by atoms with Crippen LogP contribution in [-0.2, 0) is 4.74 Å². The number of nitrogens with one attached hydrogen (secondary N) is 2. The van der Waals surface area contributed by atoms with Crippen LogP contribution in [0.4, 0.5) is 0 Å². The van der Waals surface area contributed by atoms with Gasteiger partial charge in [-0.2, -0.15) is 0 Å². The zero-order chi connectivity index (χ0) is 17.6. The van der Waals surface area contributed by atoms with Crippen molar-refractivity contribution < 1.29 is 9.53 Å². The van der Waals surface area contributed by atoms with E-state index in [0.29, 0.717) is 12.1 Å². The molecule has 1 saturated heterocycles. The molecule has 130 valence electrons. The number of benzene rings is 1. The van der Waals surface area contributed by atoms with E-state index in [2.05, 4.69) is 15.0 Å². The lowest BCUT2D eigenvalue weighted by atomic mass is 10.1. The number of rotatable bonds is 3. The van der Waals surface area contributed by atoms with Crippen molar-refractivity contribution >= 4 is 16.8 Å². The van der Waals surface area contributed by atoms with Gasteiger partial charge in [-0.15, -0.1) is 0 Å². The summed E-state index contributed by atoms with van der Waals surface area (Å²) < 4.78 is 5.55. The average Bonchev–Trinajstić information content (AvgIpc) is 3.32. The number of carbonyl (C=O) groups is 1. The summed E-state index contributed by atoms with van der Waals surface area (Å²) in [6.45, 7) is 4.54. The molecule has 6 nitrogen and oxygen atoms in total. The molecule has 2 atom stereocenters. The summed E-state index contributed by atoms with van der Waals surface area (Å²) in [5, 5.41) is 1.04. The number of H-pyrrole nitrogens is 2. The molecule has 1 aromatic carbocycles. The summed E-state index contributed by atoms with van der Waals surface area (Å²) in [4.78, 5) is 26.3. The minimum Gasteiger partial charge on any atom is -0.380 e. The molecule has 3 aromatic rings. The van der Waals surface area contributed by atoms with Crippen LogP contribution in [-0.4, -0.2) is 45.5 Å². The van der Waals surface area contributed by atoms with Gasteiger partial charge in [-0.05, 0) is 26.0 Å². The molecule has 1 fully saturated rings. The molecule has 4 rings (SSSR count). The molecule has 1 aliphatic heterocycles. The van der Waals surface area contributed by atoms with Crippen LogP contribution in [0.5, 0.6) is 0 Å². The van der Waals surface area contributed by atoms with Gasteiger partial charge in [0.25, 0.3) is 5.91 Å². The third kappa shape index (κ3) is 2.62. The highest BCUT2D eigenvalue weighted by Crippen LogP contribution is 2.34. The van der Waals surface area contributed by atoms with Gasteiger partial charge in [0.15, 0.2) is 0 Å². The van der Waals surface area contributed by atoms with E-state index >= 15 is 0 Å². The molecular weight excluding hydrogens is 316 g/mol. The van der Waals surface area contributed by atoms with Gasteiger partial charge in [0, 0.05) is 37.4 Å². The van der Waals surface area contributed by atoms with Crippen molar-refractivity contribution in [1.29, 1.82) is 0 Å². The Morgan fingerprint density at radius 3 is 2.88 bits per heavy atom. The fourth-order valence-corrected chi connectivity index (χ4v) is 3.60. The van der Waals surface area contributed by atoms with E-state index < -0.39 is 0 Å². The number of amides is 1. The highest BCUT2D eigenvalue weighted by molar-refractivity contribution is 6.05. The Morgan fingerprint density at radius 2 is 2.16 bits per heavy atom. The van der Waals surface area contributed by atoms with Crippen molar-refractivity contribution in [2.45, 2.75) is 32.4 Å². The van der Waals surface area contributed by atoms with Gasteiger partial charge in [0.05, 0.1) is 28.9 Å². The average molecular weight is 338 g/mol. The van der Waals surface area contributed by atoms with Gasteiger partial charge in [0.1, 0.15) is 5.82 Å². The van der Waals surface area contributed by atoms with Crippen LogP contribution in [0.1, 0.15) is 40.0 Å². The predicted octanol–water partition coefficient (Wildman–Crippen LogP) is 3.11. The number of nitrogens with zero attached hydrogens (tertiary/aromatic N) is 2. The van der Waals surface area contributed by atoms with Crippen LogP contribution in [0.2, 0.25) is 0 Å². The number of methoxy groups -OCH3 is 1. The first-order valence-corrected chi connectivity index (χ1v) is 8.51. The Hall–Kier alpha value is -2.60. The Balaban J connectivity index is 1.73. The quantitative estimate of drug-likeness (QED) is 0.770. The molecule has 3 heterocycles. The van der Waals surface area contributed by atoms with Gasteiger partial charge in [-0.3, -0.25) is 4.79 Å². The molecule has 0 aliphatic carbocycles. The molecule has 1 amide bonds. The van der Waals surface area contributed by atoms with Gasteiger partial charge in [-0.25, -0.2) is 4.98 Å². The summed E-state index contributed by atoms with van der Waals surface area (Å²) in [5.41, 5.74) is 3.56. The zero-order valence-electron chi connectivity index (χ0n) is 14.7. The second kappa shape index (κ2) is 6.04. The summed E-state index contributed by atoms with van der Waals surface area (Å²) in [6.07, 6.45) is 2.62. The van der Waals surface area contributed by atoms with Crippen LogP contribution in [0.25, 0.3) is 10.9 Å². The molecule has 6 heteroatoms. The Labute approximate surface area is 146 Å². The largest absolute Gasteiger partial charge is 0.380 e. The summed E-state index contributed by atoms with van der Waals surface area (Å²) in [6, 6.07) is 7.67. The van der Waals surface area contributed by atoms with Crippen molar-refractivity contribution in [2.75, 3.05) is 13.7 Å².